The molecule has 84 valence electrons. The second-order valence-electron chi connectivity index (χ2n) is 3.34. The van der Waals surface area contributed by atoms with Gasteiger partial charge in [0.15, 0.2) is 0 Å². The molecule has 0 saturated heterocycles. The molecule has 5 nitrogen and oxygen atoms in total. The lowest BCUT2D eigenvalue weighted by Gasteiger charge is -1.91. The van der Waals surface area contributed by atoms with Crippen LogP contribution in [-0.2, 0) is 11.2 Å². The number of carbonyl (C=O) groups excluding carboxylic acids is 1. The summed E-state index contributed by atoms with van der Waals surface area (Å²) in [6.45, 7) is 1.97. The lowest BCUT2D eigenvalue weighted by molar-refractivity contribution is -0.118. The fraction of sp³-hybridized carbons (Fsp3) is 0.400. The molecule has 0 aliphatic carbocycles. The molecular weight excluding hydrogens is 226 g/mol. The number of hydrogen-bond donors (Lipinski definition) is 0. The molecule has 6 heteroatoms. The molecule has 0 saturated carbocycles. The molecule has 0 unspecified atom stereocenters. The summed E-state index contributed by atoms with van der Waals surface area (Å²) < 4.78 is 5.00. The normalized spacial score (nSPS) is 10.6. The van der Waals surface area contributed by atoms with Gasteiger partial charge in [0.1, 0.15) is 5.78 Å². The van der Waals surface area contributed by atoms with Crippen LogP contribution in [0.5, 0.6) is 0 Å². The minimum atomic E-state index is 0.127. The van der Waals surface area contributed by atoms with Crippen LogP contribution in [0.15, 0.2) is 16.2 Å². The third kappa shape index (κ3) is 2.52. The molecule has 16 heavy (non-hydrogen) atoms. The Kier molecular flexibility index (Phi) is 3.40. The Bertz CT molecular complexity index is 464. The van der Waals surface area contributed by atoms with Crippen molar-refractivity contribution >= 4 is 17.1 Å². The molecule has 2 aromatic rings. The lowest BCUT2D eigenvalue weighted by atomic mass is 10.2. The molecule has 0 radical (unpaired) electrons. The van der Waals surface area contributed by atoms with E-state index in [1.165, 1.54) is 11.3 Å². The number of hydrogen-bond acceptors (Lipinski definition) is 6. The summed E-state index contributed by atoms with van der Waals surface area (Å²) in [5, 5.41) is 3.80. The zero-order valence-electron chi connectivity index (χ0n) is 8.84. The predicted octanol–water partition coefficient (Wildman–Crippen LogP) is 2.10. The Morgan fingerprint density at radius 2 is 2.44 bits per heavy atom. The molecule has 2 aromatic heterocycles. The maximum absolute atomic E-state index is 11.4. The van der Waals surface area contributed by atoms with Crippen molar-refractivity contribution in [3.63, 3.8) is 0 Å². The fourth-order valence-corrected chi connectivity index (χ4v) is 1.83. The topological polar surface area (TPSA) is 68.9 Å². The van der Waals surface area contributed by atoms with Crippen LogP contribution in [0.1, 0.15) is 25.7 Å². The van der Waals surface area contributed by atoms with Crippen molar-refractivity contribution in [2.45, 2.75) is 26.2 Å². The van der Waals surface area contributed by atoms with Crippen molar-refractivity contribution in [2.24, 2.45) is 0 Å². The fourth-order valence-electron chi connectivity index (χ4n) is 1.29. The first-order valence-corrected chi connectivity index (χ1v) is 5.90. The molecule has 0 spiro atoms. The molecule has 0 aliphatic heterocycles. The first kappa shape index (κ1) is 10.9. The van der Waals surface area contributed by atoms with Crippen LogP contribution in [0.4, 0.5) is 0 Å². The van der Waals surface area contributed by atoms with Crippen LogP contribution < -0.4 is 0 Å². The number of rotatable bonds is 5. The third-order valence-corrected chi connectivity index (χ3v) is 2.77. The number of Topliss-reactive ketones (excluding diaryl/α,β-unsaturated/α-hetero) is 1. The van der Waals surface area contributed by atoms with Crippen LogP contribution in [0.25, 0.3) is 10.7 Å². The Labute approximate surface area is 96.5 Å². The van der Waals surface area contributed by atoms with Crippen molar-refractivity contribution in [1.82, 2.24) is 15.1 Å². The van der Waals surface area contributed by atoms with Gasteiger partial charge in [0.05, 0.1) is 16.8 Å². The maximum atomic E-state index is 11.4. The van der Waals surface area contributed by atoms with E-state index in [2.05, 4.69) is 15.1 Å². The van der Waals surface area contributed by atoms with Crippen molar-refractivity contribution < 1.29 is 9.32 Å². The number of nitrogens with zero attached hydrogens (tertiary/aromatic N) is 3. The maximum Gasteiger partial charge on any atom is 0.234 e. The standard InChI is InChI=1S/C10H11N3O2S/c1-2-3-7(14)4-9-12-10(13-15-9)8-5-11-6-16-8/h5-6H,2-4H2,1H3. The quantitative estimate of drug-likeness (QED) is 0.796. The highest BCUT2D eigenvalue weighted by Crippen LogP contribution is 2.19. The van der Waals surface area contributed by atoms with Gasteiger partial charge >= 0.3 is 0 Å². The molecule has 0 fully saturated rings. The van der Waals surface area contributed by atoms with E-state index in [1.807, 2.05) is 6.92 Å². The van der Waals surface area contributed by atoms with Gasteiger partial charge < -0.3 is 4.52 Å². The summed E-state index contributed by atoms with van der Waals surface area (Å²) in [6.07, 6.45) is 3.29. The van der Waals surface area contributed by atoms with Gasteiger partial charge in [-0.3, -0.25) is 9.78 Å². The summed E-state index contributed by atoms with van der Waals surface area (Å²) in [5.74, 6) is 1.01. The van der Waals surface area contributed by atoms with Gasteiger partial charge in [0.25, 0.3) is 0 Å². The number of ketones is 1. The molecule has 0 aromatic carbocycles. The second-order valence-corrected chi connectivity index (χ2v) is 4.23. The third-order valence-electron chi connectivity index (χ3n) is 2.00. The highest BCUT2D eigenvalue weighted by Gasteiger charge is 2.12. The van der Waals surface area contributed by atoms with Gasteiger partial charge in [-0.15, -0.1) is 11.3 Å². The largest absolute Gasteiger partial charge is 0.338 e. The summed E-state index contributed by atoms with van der Waals surface area (Å²) in [4.78, 5) is 20.3. The van der Waals surface area contributed by atoms with E-state index in [-0.39, 0.29) is 12.2 Å². The van der Waals surface area contributed by atoms with Gasteiger partial charge in [-0.05, 0) is 6.42 Å². The first-order chi connectivity index (χ1) is 7.79. The monoisotopic (exact) mass is 237 g/mol. The molecular formula is C10H11N3O2S. The smallest absolute Gasteiger partial charge is 0.234 e. The molecule has 2 heterocycles. The Hall–Kier alpha value is -1.56. The van der Waals surface area contributed by atoms with Gasteiger partial charge in [-0.2, -0.15) is 4.98 Å². The highest BCUT2D eigenvalue weighted by molar-refractivity contribution is 7.13. The van der Waals surface area contributed by atoms with E-state index in [0.29, 0.717) is 18.1 Å². The molecule has 0 N–H and O–H groups in total. The van der Waals surface area contributed by atoms with E-state index in [9.17, 15) is 4.79 Å². The van der Waals surface area contributed by atoms with Crippen LogP contribution in [0.2, 0.25) is 0 Å². The number of carbonyl (C=O) groups is 1. The van der Waals surface area contributed by atoms with Crippen LogP contribution in [-0.4, -0.2) is 20.9 Å². The number of thiazole rings is 1. The lowest BCUT2D eigenvalue weighted by Crippen LogP contribution is -2.01. The van der Waals surface area contributed by atoms with Crippen molar-refractivity contribution in [3.8, 4) is 10.7 Å². The first-order valence-electron chi connectivity index (χ1n) is 5.02. The zero-order valence-corrected chi connectivity index (χ0v) is 9.66. The van der Waals surface area contributed by atoms with Gasteiger partial charge in [-0.1, -0.05) is 12.1 Å². The Morgan fingerprint density at radius 1 is 1.56 bits per heavy atom. The minimum absolute atomic E-state index is 0.127. The van der Waals surface area contributed by atoms with E-state index in [4.69, 9.17) is 4.52 Å². The van der Waals surface area contributed by atoms with E-state index in [0.717, 1.165) is 11.3 Å². The minimum Gasteiger partial charge on any atom is -0.338 e. The van der Waals surface area contributed by atoms with Crippen molar-refractivity contribution in [3.05, 3.63) is 17.6 Å². The molecule has 0 bridgehead atoms. The zero-order chi connectivity index (χ0) is 11.4. The number of aromatic nitrogens is 3. The summed E-state index contributed by atoms with van der Waals surface area (Å²) in [5.41, 5.74) is 1.70. The average molecular weight is 237 g/mol. The van der Waals surface area contributed by atoms with Gasteiger partial charge in [0.2, 0.25) is 11.7 Å². The SMILES string of the molecule is CCCC(=O)Cc1nc(-c2cncs2)no1. The van der Waals surface area contributed by atoms with Crippen LogP contribution >= 0.6 is 11.3 Å². The molecule has 2 rings (SSSR count). The van der Waals surface area contributed by atoms with Gasteiger partial charge in [0, 0.05) is 12.6 Å². The van der Waals surface area contributed by atoms with Crippen LogP contribution in [0.3, 0.4) is 0 Å². The predicted molar refractivity (Wildman–Crippen MR) is 59.0 cm³/mol. The molecule has 0 amide bonds. The average Bonchev–Trinajstić information content (AvgIpc) is 2.86. The van der Waals surface area contributed by atoms with E-state index >= 15 is 0 Å². The van der Waals surface area contributed by atoms with Crippen molar-refractivity contribution in [1.29, 1.82) is 0 Å². The van der Waals surface area contributed by atoms with E-state index in [1.54, 1.807) is 11.7 Å². The Morgan fingerprint density at radius 3 is 3.12 bits per heavy atom. The van der Waals surface area contributed by atoms with Gasteiger partial charge in [-0.25, -0.2) is 0 Å². The Balaban J connectivity index is 2.06. The van der Waals surface area contributed by atoms with Crippen molar-refractivity contribution in [2.75, 3.05) is 0 Å². The molecule has 0 atom stereocenters. The molecule has 0 aliphatic rings. The summed E-state index contributed by atoms with van der Waals surface area (Å²) in [6, 6.07) is 0. The highest BCUT2D eigenvalue weighted by atomic mass is 32.1. The summed E-state index contributed by atoms with van der Waals surface area (Å²) >= 11 is 1.44. The second kappa shape index (κ2) is 4.98. The van der Waals surface area contributed by atoms with Crippen LogP contribution in [0, 0.1) is 0 Å². The van der Waals surface area contributed by atoms with E-state index < -0.39 is 0 Å². The summed E-state index contributed by atoms with van der Waals surface area (Å²) in [7, 11) is 0.